The Morgan fingerprint density at radius 2 is 1.55 bits per heavy atom. The molecule has 1 atom stereocenters. The molecule has 0 amide bonds. The van der Waals surface area contributed by atoms with Crippen LogP contribution in [-0.2, 0) is 12.6 Å². The molecular formula is C25H30F3N. The third-order valence-corrected chi connectivity index (χ3v) is 4.96. The van der Waals surface area contributed by atoms with E-state index in [2.05, 4.69) is 18.8 Å². The highest BCUT2D eigenvalue weighted by Crippen LogP contribution is 2.34. The molecule has 1 unspecified atom stereocenters. The summed E-state index contributed by atoms with van der Waals surface area (Å²) in [4.78, 5) is 0. The maximum absolute atomic E-state index is 13.2. The van der Waals surface area contributed by atoms with Gasteiger partial charge in [0.1, 0.15) is 0 Å². The Hall–Kier alpha value is -2.25. The van der Waals surface area contributed by atoms with Crippen molar-refractivity contribution in [2.24, 2.45) is 5.73 Å². The Labute approximate surface area is 172 Å². The van der Waals surface area contributed by atoms with Crippen LogP contribution in [0.4, 0.5) is 13.2 Å². The van der Waals surface area contributed by atoms with Crippen LogP contribution in [0, 0.1) is 11.8 Å². The van der Waals surface area contributed by atoms with Crippen LogP contribution in [-0.4, -0.2) is 0 Å². The number of benzene rings is 2. The number of halogens is 3. The van der Waals surface area contributed by atoms with Crippen molar-refractivity contribution < 1.29 is 13.2 Å². The minimum atomic E-state index is -4.40. The monoisotopic (exact) mass is 401 g/mol. The van der Waals surface area contributed by atoms with Crippen molar-refractivity contribution in [3.63, 3.8) is 0 Å². The molecule has 29 heavy (non-hydrogen) atoms. The van der Waals surface area contributed by atoms with E-state index in [0.717, 1.165) is 30.0 Å². The molecule has 0 saturated heterocycles. The summed E-state index contributed by atoms with van der Waals surface area (Å²) >= 11 is 0. The van der Waals surface area contributed by atoms with Crippen molar-refractivity contribution in [1.29, 1.82) is 0 Å². The highest BCUT2D eigenvalue weighted by molar-refractivity contribution is 5.38. The van der Waals surface area contributed by atoms with E-state index in [1.807, 2.05) is 24.3 Å². The van der Waals surface area contributed by atoms with Crippen molar-refractivity contribution in [2.45, 2.75) is 70.5 Å². The molecule has 1 nitrogen and oxygen atoms in total. The summed E-state index contributed by atoms with van der Waals surface area (Å²) in [5, 5.41) is 0. The summed E-state index contributed by atoms with van der Waals surface area (Å²) in [6.45, 7) is 2.21. The van der Waals surface area contributed by atoms with Crippen molar-refractivity contribution in [3.8, 4) is 11.8 Å². The highest BCUT2D eigenvalue weighted by atomic mass is 19.4. The van der Waals surface area contributed by atoms with E-state index in [-0.39, 0.29) is 5.56 Å². The van der Waals surface area contributed by atoms with E-state index in [4.69, 9.17) is 5.73 Å². The fourth-order valence-electron chi connectivity index (χ4n) is 3.32. The van der Waals surface area contributed by atoms with Gasteiger partial charge in [-0.25, -0.2) is 0 Å². The van der Waals surface area contributed by atoms with Gasteiger partial charge in [0.2, 0.25) is 0 Å². The summed E-state index contributed by atoms with van der Waals surface area (Å²) in [6.07, 6.45) is 4.35. The van der Waals surface area contributed by atoms with E-state index >= 15 is 0 Å². The number of unbranched alkanes of at least 4 members (excludes halogenated alkanes) is 6. The zero-order chi connectivity index (χ0) is 21.1. The SMILES string of the molecule is CCCCCCCCC#Cc1ccc(CC(N)c2ccccc2C(F)(F)F)cc1. The first-order chi connectivity index (χ1) is 13.9. The largest absolute Gasteiger partial charge is 0.416 e. The van der Waals surface area contributed by atoms with Crippen LogP contribution in [0.25, 0.3) is 0 Å². The molecule has 0 spiro atoms. The molecule has 156 valence electrons. The first-order valence-electron chi connectivity index (χ1n) is 10.4. The second-order valence-electron chi connectivity index (χ2n) is 7.41. The van der Waals surface area contributed by atoms with Gasteiger partial charge in [0.25, 0.3) is 0 Å². The van der Waals surface area contributed by atoms with Gasteiger partial charge in [-0.3, -0.25) is 0 Å². The summed E-state index contributed by atoms with van der Waals surface area (Å²) in [5.74, 6) is 6.36. The smallest absolute Gasteiger partial charge is 0.324 e. The summed E-state index contributed by atoms with van der Waals surface area (Å²) < 4.78 is 39.5. The predicted molar refractivity (Wildman–Crippen MR) is 113 cm³/mol. The Morgan fingerprint density at radius 3 is 2.24 bits per heavy atom. The van der Waals surface area contributed by atoms with Gasteiger partial charge in [-0.15, -0.1) is 0 Å². The molecule has 0 saturated carbocycles. The fraction of sp³-hybridized carbons (Fsp3) is 0.440. The lowest BCUT2D eigenvalue weighted by Gasteiger charge is -2.18. The van der Waals surface area contributed by atoms with Gasteiger partial charge >= 0.3 is 6.18 Å². The van der Waals surface area contributed by atoms with Gasteiger partial charge in [0, 0.05) is 18.0 Å². The molecule has 2 aromatic rings. The number of rotatable bonds is 9. The lowest BCUT2D eigenvalue weighted by Crippen LogP contribution is -2.19. The van der Waals surface area contributed by atoms with Crippen LogP contribution in [0.2, 0.25) is 0 Å². The number of hydrogen-bond donors (Lipinski definition) is 1. The van der Waals surface area contributed by atoms with Crippen LogP contribution >= 0.6 is 0 Å². The molecule has 0 fully saturated rings. The third-order valence-electron chi connectivity index (χ3n) is 4.96. The lowest BCUT2D eigenvalue weighted by molar-refractivity contribution is -0.138. The molecular weight excluding hydrogens is 371 g/mol. The molecule has 2 rings (SSSR count). The van der Waals surface area contributed by atoms with E-state index < -0.39 is 17.8 Å². The van der Waals surface area contributed by atoms with Gasteiger partial charge in [-0.1, -0.05) is 81.2 Å². The molecule has 4 heteroatoms. The lowest BCUT2D eigenvalue weighted by atomic mass is 9.95. The van der Waals surface area contributed by atoms with Crippen LogP contribution in [0.1, 0.15) is 80.2 Å². The first-order valence-corrected chi connectivity index (χ1v) is 10.4. The third kappa shape index (κ3) is 7.95. The Balaban J connectivity index is 1.88. The van der Waals surface area contributed by atoms with Crippen LogP contribution < -0.4 is 5.73 Å². The van der Waals surface area contributed by atoms with E-state index in [0.29, 0.717) is 6.42 Å². The maximum atomic E-state index is 13.2. The minimum absolute atomic E-state index is 0.128. The quantitative estimate of drug-likeness (QED) is 0.353. The van der Waals surface area contributed by atoms with Crippen molar-refractivity contribution in [2.75, 3.05) is 0 Å². The standard InChI is InChI=1S/C25H30F3N/c1-2-3-4-5-6-7-8-9-12-20-15-17-21(18-16-20)19-24(29)22-13-10-11-14-23(22)25(26,27)28/h10-11,13-18,24H,2-8,19,29H2,1H3. The van der Waals surface area contributed by atoms with Crippen molar-refractivity contribution in [3.05, 3.63) is 70.8 Å². The van der Waals surface area contributed by atoms with E-state index in [1.165, 1.54) is 44.2 Å². The normalized spacial score (nSPS) is 12.3. The Morgan fingerprint density at radius 1 is 0.897 bits per heavy atom. The van der Waals surface area contributed by atoms with E-state index in [1.54, 1.807) is 6.07 Å². The molecule has 0 bridgehead atoms. The molecule has 2 aromatic carbocycles. The van der Waals surface area contributed by atoms with Gasteiger partial charge in [0.15, 0.2) is 0 Å². The van der Waals surface area contributed by atoms with Gasteiger partial charge in [-0.05, 0) is 42.2 Å². The van der Waals surface area contributed by atoms with Gasteiger partial charge in [0.05, 0.1) is 5.56 Å². The van der Waals surface area contributed by atoms with Crippen molar-refractivity contribution in [1.82, 2.24) is 0 Å². The van der Waals surface area contributed by atoms with Crippen molar-refractivity contribution >= 4 is 0 Å². The predicted octanol–water partition coefficient (Wildman–Crippen LogP) is 7.05. The molecule has 0 aliphatic rings. The van der Waals surface area contributed by atoms with E-state index in [9.17, 15) is 13.2 Å². The van der Waals surface area contributed by atoms with Crippen LogP contribution in [0.5, 0.6) is 0 Å². The van der Waals surface area contributed by atoms with Crippen LogP contribution in [0.3, 0.4) is 0 Å². The second kappa shape index (κ2) is 11.7. The molecule has 0 aliphatic carbocycles. The van der Waals surface area contributed by atoms with Gasteiger partial charge < -0.3 is 5.73 Å². The Bertz CT molecular complexity index is 797. The topological polar surface area (TPSA) is 26.0 Å². The zero-order valence-electron chi connectivity index (χ0n) is 17.1. The maximum Gasteiger partial charge on any atom is 0.416 e. The fourth-order valence-corrected chi connectivity index (χ4v) is 3.32. The molecule has 2 N–H and O–H groups in total. The summed E-state index contributed by atoms with van der Waals surface area (Å²) in [6, 6.07) is 12.4. The first kappa shape index (κ1) is 23.0. The number of nitrogens with two attached hydrogens (primary N) is 1. The molecule has 0 aliphatic heterocycles. The minimum Gasteiger partial charge on any atom is -0.324 e. The van der Waals surface area contributed by atoms with Gasteiger partial charge in [-0.2, -0.15) is 13.2 Å². The second-order valence-corrected chi connectivity index (χ2v) is 7.41. The molecule has 0 aromatic heterocycles. The zero-order valence-corrected chi connectivity index (χ0v) is 17.1. The summed E-state index contributed by atoms with van der Waals surface area (Å²) in [7, 11) is 0. The number of alkyl halides is 3. The summed E-state index contributed by atoms with van der Waals surface area (Å²) in [5.41, 5.74) is 7.38. The highest BCUT2D eigenvalue weighted by Gasteiger charge is 2.34. The van der Waals surface area contributed by atoms with Crippen LogP contribution in [0.15, 0.2) is 48.5 Å². The average molecular weight is 402 g/mol. The average Bonchev–Trinajstić information content (AvgIpc) is 2.70. The Kier molecular flexibility index (Phi) is 9.28. The molecule has 0 radical (unpaired) electrons. The molecule has 0 heterocycles. The number of hydrogen-bond acceptors (Lipinski definition) is 1.